The number of carbonyl (C=O) groups is 1. The molecule has 0 unspecified atom stereocenters. The standard InChI is InChI=1S/C23H23F2N5O/c1-15-10-12-30(13-11-15)22-9-8-20(28-29-22)16-2-5-18(6-3-16)26-23(31)27-21-7-4-17(24)14-19(21)25/h2-9,14-15H,10-13H2,1H3,(H2,26,27,31). The second kappa shape index (κ2) is 9.07. The van der Waals surface area contributed by atoms with Crippen LogP contribution in [-0.4, -0.2) is 29.3 Å². The molecule has 6 nitrogen and oxygen atoms in total. The zero-order valence-electron chi connectivity index (χ0n) is 17.1. The average molecular weight is 423 g/mol. The molecule has 1 aliphatic rings. The zero-order chi connectivity index (χ0) is 21.8. The molecular weight excluding hydrogens is 400 g/mol. The smallest absolute Gasteiger partial charge is 0.323 e. The van der Waals surface area contributed by atoms with Crippen LogP contribution in [0.3, 0.4) is 0 Å². The van der Waals surface area contributed by atoms with Gasteiger partial charge in [0, 0.05) is 30.4 Å². The third kappa shape index (κ3) is 5.14. The van der Waals surface area contributed by atoms with E-state index in [1.807, 2.05) is 24.3 Å². The van der Waals surface area contributed by atoms with Crippen LogP contribution in [0.1, 0.15) is 19.8 Å². The number of amides is 2. The van der Waals surface area contributed by atoms with Crippen molar-refractivity contribution in [1.29, 1.82) is 0 Å². The maximum Gasteiger partial charge on any atom is 0.323 e. The maximum atomic E-state index is 13.7. The molecule has 31 heavy (non-hydrogen) atoms. The Morgan fingerprint density at radius 2 is 1.71 bits per heavy atom. The minimum atomic E-state index is -0.841. The first-order valence-electron chi connectivity index (χ1n) is 10.2. The van der Waals surface area contributed by atoms with E-state index < -0.39 is 17.7 Å². The van der Waals surface area contributed by atoms with Crippen molar-refractivity contribution in [2.75, 3.05) is 28.6 Å². The maximum absolute atomic E-state index is 13.7. The van der Waals surface area contributed by atoms with Crippen molar-refractivity contribution in [1.82, 2.24) is 10.2 Å². The summed E-state index contributed by atoms with van der Waals surface area (Å²) in [6, 6.07) is 13.3. The van der Waals surface area contributed by atoms with Crippen molar-refractivity contribution in [3.8, 4) is 11.3 Å². The fourth-order valence-electron chi connectivity index (χ4n) is 3.49. The monoisotopic (exact) mass is 423 g/mol. The van der Waals surface area contributed by atoms with Gasteiger partial charge >= 0.3 is 6.03 Å². The lowest BCUT2D eigenvalue weighted by molar-refractivity contribution is 0.262. The van der Waals surface area contributed by atoms with Crippen molar-refractivity contribution in [2.24, 2.45) is 5.92 Å². The highest BCUT2D eigenvalue weighted by Crippen LogP contribution is 2.24. The van der Waals surface area contributed by atoms with Crippen LogP contribution in [0.5, 0.6) is 0 Å². The summed E-state index contributed by atoms with van der Waals surface area (Å²) in [4.78, 5) is 14.3. The number of hydrogen-bond acceptors (Lipinski definition) is 4. The van der Waals surface area contributed by atoms with Crippen LogP contribution in [0.4, 0.5) is 30.8 Å². The van der Waals surface area contributed by atoms with Crippen LogP contribution >= 0.6 is 0 Å². The number of piperidine rings is 1. The molecule has 1 saturated heterocycles. The van der Waals surface area contributed by atoms with Gasteiger partial charge in [-0.25, -0.2) is 13.6 Å². The Labute approximate surface area is 179 Å². The molecule has 2 aromatic carbocycles. The van der Waals surface area contributed by atoms with E-state index in [0.717, 1.165) is 42.1 Å². The SMILES string of the molecule is CC1CCN(c2ccc(-c3ccc(NC(=O)Nc4ccc(F)cc4F)cc3)nn2)CC1. The number of carbonyl (C=O) groups excluding carboxylic acids is 1. The lowest BCUT2D eigenvalue weighted by atomic mass is 9.99. The van der Waals surface area contributed by atoms with Crippen LogP contribution in [-0.2, 0) is 0 Å². The zero-order valence-corrected chi connectivity index (χ0v) is 17.1. The molecule has 2 amide bonds. The number of urea groups is 1. The van der Waals surface area contributed by atoms with Crippen LogP contribution < -0.4 is 15.5 Å². The van der Waals surface area contributed by atoms with E-state index in [2.05, 4.69) is 32.7 Å². The summed E-state index contributed by atoms with van der Waals surface area (Å²) in [6.07, 6.45) is 2.33. The van der Waals surface area contributed by atoms with Gasteiger partial charge in [0.2, 0.25) is 0 Å². The topological polar surface area (TPSA) is 70.2 Å². The van der Waals surface area contributed by atoms with E-state index in [-0.39, 0.29) is 5.69 Å². The first-order chi connectivity index (χ1) is 15.0. The second-order valence-corrected chi connectivity index (χ2v) is 7.73. The Balaban J connectivity index is 1.37. The van der Waals surface area contributed by atoms with E-state index in [1.54, 1.807) is 12.1 Å². The Morgan fingerprint density at radius 1 is 0.968 bits per heavy atom. The van der Waals surface area contributed by atoms with Gasteiger partial charge in [-0.3, -0.25) is 0 Å². The predicted molar refractivity (Wildman–Crippen MR) is 117 cm³/mol. The quantitative estimate of drug-likeness (QED) is 0.597. The lowest BCUT2D eigenvalue weighted by Crippen LogP contribution is -2.33. The molecule has 0 radical (unpaired) electrons. The molecule has 0 saturated carbocycles. The Kier molecular flexibility index (Phi) is 6.06. The van der Waals surface area contributed by atoms with Crippen LogP contribution in [0.25, 0.3) is 11.3 Å². The summed E-state index contributed by atoms with van der Waals surface area (Å²) in [5.74, 6) is 0.0957. The number of rotatable bonds is 4. The summed E-state index contributed by atoms with van der Waals surface area (Å²) < 4.78 is 26.6. The predicted octanol–water partition coefficient (Wildman–Crippen LogP) is 5.30. The number of benzene rings is 2. The van der Waals surface area contributed by atoms with Gasteiger partial charge in [-0.2, -0.15) is 0 Å². The normalized spacial score (nSPS) is 14.4. The summed E-state index contributed by atoms with van der Waals surface area (Å²) in [5, 5.41) is 13.7. The molecule has 4 rings (SSSR count). The third-order valence-electron chi connectivity index (χ3n) is 5.38. The van der Waals surface area contributed by atoms with Crippen molar-refractivity contribution in [2.45, 2.75) is 19.8 Å². The molecule has 0 aliphatic carbocycles. The van der Waals surface area contributed by atoms with Gasteiger partial charge in [-0.05, 0) is 55.2 Å². The fourth-order valence-corrected chi connectivity index (χ4v) is 3.49. The van der Waals surface area contributed by atoms with Gasteiger partial charge < -0.3 is 15.5 Å². The largest absolute Gasteiger partial charge is 0.355 e. The Hall–Kier alpha value is -3.55. The summed E-state index contributed by atoms with van der Waals surface area (Å²) in [6.45, 7) is 4.27. The summed E-state index contributed by atoms with van der Waals surface area (Å²) in [5.41, 5.74) is 2.02. The molecule has 0 spiro atoms. The van der Waals surface area contributed by atoms with Gasteiger partial charge in [-0.15, -0.1) is 10.2 Å². The van der Waals surface area contributed by atoms with Gasteiger partial charge in [-0.1, -0.05) is 19.1 Å². The van der Waals surface area contributed by atoms with Crippen molar-refractivity contribution in [3.05, 3.63) is 66.2 Å². The van der Waals surface area contributed by atoms with Crippen molar-refractivity contribution in [3.63, 3.8) is 0 Å². The Morgan fingerprint density at radius 3 is 2.35 bits per heavy atom. The van der Waals surface area contributed by atoms with E-state index in [1.165, 1.54) is 18.9 Å². The molecule has 0 bridgehead atoms. The average Bonchev–Trinajstić information content (AvgIpc) is 2.77. The summed E-state index contributed by atoms with van der Waals surface area (Å²) in [7, 11) is 0. The number of nitrogens with one attached hydrogen (secondary N) is 2. The fraction of sp³-hybridized carbons (Fsp3) is 0.261. The number of halogens is 2. The molecule has 2 heterocycles. The van der Waals surface area contributed by atoms with Gasteiger partial charge in [0.1, 0.15) is 11.6 Å². The highest BCUT2D eigenvalue weighted by molar-refractivity contribution is 5.99. The minimum absolute atomic E-state index is 0.103. The van der Waals surface area contributed by atoms with Gasteiger partial charge in [0.25, 0.3) is 0 Å². The highest BCUT2D eigenvalue weighted by Gasteiger charge is 2.17. The van der Waals surface area contributed by atoms with Crippen LogP contribution in [0.2, 0.25) is 0 Å². The van der Waals surface area contributed by atoms with E-state index >= 15 is 0 Å². The third-order valence-corrected chi connectivity index (χ3v) is 5.38. The number of anilines is 3. The molecule has 2 N–H and O–H groups in total. The van der Waals surface area contributed by atoms with Crippen LogP contribution in [0, 0.1) is 17.6 Å². The Bertz CT molecular complexity index is 1050. The van der Waals surface area contributed by atoms with Crippen LogP contribution in [0.15, 0.2) is 54.6 Å². The number of aromatic nitrogens is 2. The van der Waals surface area contributed by atoms with Crippen molar-refractivity contribution < 1.29 is 13.6 Å². The molecule has 3 aromatic rings. The van der Waals surface area contributed by atoms with E-state index in [0.29, 0.717) is 11.8 Å². The van der Waals surface area contributed by atoms with E-state index in [9.17, 15) is 13.6 Å². The number of hydrogen-bond donors (Lipinski definition) is 2. The molecule has 1 fully saturated rings. The molecular formula is C23H23F2N5O. The first kappa shape index (κ1) is 20.7. The minimum Gasteiger partial charge on any atom is -0.355 e. The van der Waals surface area contributed by atoms with Gasteiger partial charge in [0.05, 0.1) is 11.4 Å². The molecule has 1 aromatic heterocycles. The van der Waals surface area contributed by atoms with Crippen molar-refractivity contribution >= 4 is 23.2 Å². The molecule has 0 atom stereocenters. The lowest BCUT2D eigenvalue weighted by Gasteiger charge is -2.30. The molecule has 1 aliphatic heterocycles. The molecule has 8 heteroatoms. The molecule has 160 valence electrons. The van der Waals surface area contributed by atoms with Gasteiger partial charge in [0.15, 0.2) is 5.82 Å². The summed E-state index contributed by atoms with van der Waals surface area (Å²) >= 11 is 0. The highest BCUT2D eigenvalue weighted by atomic mass is 19.1. The second-order valence-electron chi connectivity index (χ2n) is 7.73. The number of nitrogens with zero attached hydrogens (tertiary/aromatic N) is 3. The van der Waals surface area contributed by atoms with E-state index in [4.69, 9.17) is 0 Å². The first-order valence-corrected chi connectivity index (χ1v) is 10.2.